The quantitative estimate of drug-likeness (QED) is 0.853. The van der Waals surface area contributed by atoms with E-state index in [-0.39, 0.29) is 17.3 Å². The number of rotatable bonds is 5. The fourth-order valence-corrected chi connectivity index (χ4v) is 3.64. The van der Waals surface area contributed by atoms with E-state index in [0.29, 0.717) is 5.56 Å². The van der Waals surface area contributed by atoms with Crippen LogP contribution in [0.4, 0.5) is 4.39 Å². The second kappa shape index (κ2) is 6.65. The molecule has 1 aromatic heterocycles. The molecular weight excluding hydrogens is 307 g/mol. The maximum absolute atomic E-state index is 13.0. The zero-order valence-corrected chi connectivity index (χ0v) is 12.7. The molecule has 5 nitrogen and oxygen atoms in total. The average Bonchev–Trinajstić information content (AvgIpc) is 2.48. The Labute approximate surface area is 128 Å². The molecule has 7 heteroatoms. The summed E-state index contributed by atoms with van der Waals surface area (Å²) in [5, 5.41) is 1.52. The lowest BCUT2D eigenvalue weighted by molar-refractivity contribution is -0.118. The zero-order chi connectivity index (χ0) is 16.2. The Kier molecular flexibility index (Phi) is 4.87. The highest BCUT2D eigenvalue weighted by molar-refractivity contribution is 7.91. The van der Waals surface area contributed by atoms with Crippen molar-refractivity contribution >= 4 is 15.7 Å². The maximum atomic E-state index is 13.0. The molecule has 1 aromatic carbocycles. The Morgan fingerprint density at radius 3 is 2.50 bits per heavy atom. The molecule has 1 N–H and O–H groups in total. The number of pyridine rings is 1. The molecule has 0 bridgehead atoms. The van der Waals surface area contributed by atoms with Crippen molar-refractivity contribution in [2.24, 2.45) is 0 Å². The monoisotopic (exact) mass is 322 g/mol. The third-order valence-corrected chi connectivity index (χ3v) is 5.23. The van der Waals surface area contributed by atoms with Gasteiger partial charge >= 0.3 is 0 Å². The van der Waals surface area contributed by atoms with E-state index in [0.717, 1.165) is 12.1 Å². The lowest BCUT2D eigenvalue weighted by Gasteiger charge is -2.18. The molecule has 1 heterocycles. The van der Waals surface area contributed by atoms with E-state index >= 15 is 0 Å². The maximum Gasteiger partial charge on any atom is 0.216 e. The molecule has 22 heavy (non-hydrogen) atoms. The van der Waals surface area contributed by atoms with E-state index in [9.17, 15) is 17.6 Å². The summed E-state index contributed by atoms with van der Waals surface area (Å²) in [6.07, 6.45) is 2.97. The van der Waals surface area contributed by atoms with E-state index in [4.69, 9.17) is 0 Å². The zero-order valence-electron chi connectivity index (χ0n) is 11.9. The highest BCUT2D eigenvalue weighted by Gasteiger charge is 2.29. The van der Waals surface area contributed by atoms with Gasteiger partial charge in [0.2, 0.25) is 5.91 Å². The van der Waals surface area contributed by atoms with Crippen LogP contribution in [0, 0.1) is 5.82 Å². The van der Waals surface area contributed by atoms with E-state index in [1.807, 2.05) is 0 Å². The standard InChI is InChI=1S/C15H15FN2O3S/c1-11(19)18-10-15(12-3-2-8-17-9-12)22(20,21)14-6-4-13(16)5-7-14/h2-9,15H,10H2,1H3,(H,18,19)/t15-/m1/s1. The van der Waals surface area contributed by atoms with Crippen molar-refractivity contribution in [2.45, 2.75) is 17.1 Å². The Balaban J connectivity index is 2.43. The highest BCUT2D eigenvalue weighted by Crippen LogP contribution is 2.28. The summed E-state index contributed by atoms with van der Waals surface area (Å²) in [4.78, 5) is 15.0. The number of carbonyl (C=O) groups is 1. The van der Waals surface area contributed by atoms with Gasteiger partial charge in [-0.25, -0.2) is 12.8 Å². The minimum absolute atomic E-state index is 0.00638. The van der Waals surface area contributed by atoms with Gasteiger partial charge in [0.05, 0.1) is 4.90 Å². The van der Waals surface area contributed by atoms with Crippen LogP contribution in [0.25, 0.3) is 0 Å². The molecule has 2 aromatic rings. The Hall–Kier alpha value is -2.28. The van der Waals surface area contributed by atoms with Crippen molar-refractivity contribution in [3.05, 3.63) is 60.2 Å². The van der Waals surface area contributed by atoms with Crippen LogP contribution >= 0.6 is 0 Å². The van der Waals surface area contributed by atoms with Crippen molar-refractivity contribution in [1.82, 2.24) is 10.3 Å². The fraction of sp³-hybridized carbons (Fsp3) is 0.200. The van der Waals surface area contributed by atoms with Gasteiger partial charge in [0.15, 0.2) is 9.84 Å². The van der Waals surface area contributed by atoms with Crippen molar-refractivity contribution in [3.8, 4) is 0 Å². The summed E-state index contributed by atoms with van der Waals surface area (Å²) >= 11 is 0. The summed E-state index contributed by atoms with van der Waals surface area (Å²) < 4.78 is 38.5. The second-order valence-electron chi connectivity index (χ2n) is 4.71. The Bertz CT molecular complexity index is 746. The van der Waals surface area contributed by atoms with Crippen LogP contribution in [-0.2, 0) is 14.6 Å². The molecule has 0 radical (unpaired) electrons. The summed E-state index contributed by atoms with van der Waals surface area (Å²) in [7, 11) is -3.79. The average molecular weight is 322 g/mol. The molecule has 0 unspecified atom stereocenters. The number of carbonyl (C=O) groups excluding carboxylic acids is 1. The first-order valence-corrected chi connectivity index (χ1v) is 8.09. The Morgan fingerprint density at radius 2 is 1.95 bits per heavy atom. The van der Waals surface area contributed by atoms with Crippen molar-refractivity contribution < 1.29 is 17.6 Å². The number of hydrogen-bond acceptors (Lipinski definition) is 4. The number of amides is 1. The van der Waals surface area contributed by atoms with Crippen molar-refractivity contribution in [2.75, 3.05) is 6.54 Å². The van der Waals surface area contributed by atoms with Crippen LogP contribution in [0.5, 0.6) is 0 Å². The molecule has 0 aliphatic rings. The number of nitrogens with one attached hydrogen (secondary N) is 1. The minimum atomic E-state index is -3.79. The topological polar surface area (TPSA) is 76.1 Å². The third-order valence-electron chi connectivity index (χ3n) is 3.11. The molecule has 0 fully saturated rings. The molecule has 0 saturated heterocycles. The van der Waals surface area contributed by atoms with Gasteiger partial charge in [-0.15, -0.1) is 0 Å². The van der Waals surface area contributed by atoms with Gasteiger partial charge in [0.25, 0.3) is 0 Å². The number of hydrogen-bond donors (Lipinski definition) is 1. The first-order valence-electron chi connectivity index (χ1n) is 6.55. The van der Waals surface area contributed by atoms with Crippen LogP contribution in [0.15, 0.2) is 53.7 Å². The first-order chi connectivity index (χ1) is 10.4. The lowest BCUT2D eigenvalue weighted by Crippen LogP contribution is -2.30. The van der Waals surface area contributed by atoms with E-state index in [1.165, 1.54) is 31.5 Å². The molecule has 2 rings (SSSR count). The van der Waals surface area contributed by atoms with Gasteiger partial charge in [-0.2, -0.15) is 0 Å². The van der Waals surface area contributed by atoms with Crippen LogP contribution in [0.3, 0.4) is 0 Å². The van der Waals surface area contributed by atoms with Crippen LogP contribution in [0.2, 0.25) is 0 Å². The molecule has 1 atom stereocenters. The summed E-state index contributed by atoms with van der Waals surface area (Å²) in [5.74, 6) is -0.845. The van der Waals surface area contributed by atoms with E-state index in [1.54, 1.807) is 12.1 Å². The normalized spacial score (nSPS) is 12.6. The highest BCUT2D eigenvalue weighted by atomic mass is 32.2. The first kappa shape index (κ1) is 16.1. The van der Waals surface area contributed by atoms with Gasteiger partial charge in [-0.1, -0.05) is 6.07 Å². The van der Waals surface area contributed by atoms with Crippen molar-refractivity contribution in [1.29, 1.82) is 0 Å². The third kappa shape index (κ3) is 3.67. The largest absolute Gasteiger partial charge is 0.355 e. The van der Waals surface area contributed by atoms with Crippen molar-refractivity contribution in [3.63, 3.8) is 0 Å². The molecular formula is C15H15FN2O3S. The van der Waals surface area contributed by atoms with E-state index < -0.39 is 20.9 Å². The summed E-state index contributed by atoms with van der Waals surface area (Å²) in [5.41, 5.74) is 0.459. The fourth-order valence-electron chi connectivity index (χ4n) is 2.00. The second-order valence-corrected chi connectivity index (χ2v) is 6.84. The predicted octanol–water partition coefficient (Wildman–Crippen LogP) is 1.87. The molecule has 1 amide bonds. The Morgan fingerprint density at radius 1 is 1.27 bits per heavy atom. The number of aromatic nitrogens is 1. The number of halogens is 1. The summed E-state index contributed by atoms with van der Waals surface area (Å²) in [6, 6.07) is 7.84. The number of sulfone groups is 1. The van der Waals surface area contributed by atoms with E-state index in [2.05, 4.69) is 10.3 Å². The van der Waals surface area contributed by atoms with Gasteiger partial charge < -0.3 is 5.32 Å². The number of benzene rings is 1. The van der Waals surface area contributed by atoms with Gasteiger partial charge in [0, 0.05) is 25.9 Å². The van der Waals surface area contributed by atoms with Gasteiger partial charge in [0.1, 0.15) is 11.1 Å². The van der Waals surface area contributed by atoms with Gasteiger partial charge in [-0.3, -0.25) is 9.78 Å². The van der Waals surface area contributed by atoms with Crippen LogP contribution in [-0.4, -0.2) is 25.9 Å². The molecule has 0 aliphatic carbocycles. The molecule has 116 valence electrons. The number of nitrogens with zero attached hydrogens (tertiary/aromatic N) is 1. The van der Waals surface area contributed by atoms with Crippen LogP contribution < -0.4 is 5.32 Å². The molecule has 0 aliphatic heterocycles. The SMILES string of the molecule is CC(=O)NC[C@H](c1cccnc1)S(=O)(=O)c1ccc(F)cc1. The smallest absolute Gasteiger partial charge is 0.216 e. The van der Waals surface area contributed by atoms with Gasteiger partial charge in [-0.05, 0) is 35.9 Å². The summed E-state index contributed by atoms with van der Waals surface area (Å²) in [6.45, 7) is 1.23. The minimum Gasteiger partial charge on any atom is -0.355 e. The molecule has 0 saturated carbocycles. The van der Waals surface area contributed by atoms with Crippen LogP contribution in [0.1, 0.15) is 17.7 Å². The molecule has 0 spiro atoms. The lowest BCUT2D eigenvalue weighted by atomic mass is 10.2. The predicted molar refractivity (Wildman–Crippen MR) is 79.2 cm³/mol.